The number of hydrogen-bond donors (Lipinski definition) is 0. The van der Waals surface area contributed by atoms with E-state index in [4.69, 9.17) is 23.8 Å². The largest absolute Gasteiger partial charge is 0.456 e. The van der Waals surface area contributed by atoms with Gasteiger partial charge in [-0.2, -0.15) is 0 Å². The molecule has 69 heavy (non-hydrogen) atoms. The standard InChI is InChI=1S/C64H37N3O2/c1-2-14-40(15-3-1)61-65-62(67-63(66-61)49-22-12-20-47-46-19-7-11-26-56(46)69-60(47)49)48-21-13-27-58-59(48)51-37-42(33-35-57(51)68-58)39-30-28-38(29-31-39)41-32-34-55-50(36-41)45-18-6-10-25-54(45)64(55)52-23-8-4-16-43(52)44-17-5-9-24-53(44)64/h1-37H. The predicted octanol–water partition coefficient (Wildman–Crippen LogP) is 16.3. The van der Waals surface area contributed by atoms with Crippen molar-refractivity contribution < 1.29 is 8.83 Å². The van der Waals surface area contributed by atoms with E-state index < -0.39 is 0 Å². The Labute approximate surface area is 396 Å². The summed E-state index contributed by atoms with van der Waals surface area (Å²) in [5, 5.41) is 4.01. The van der Waals surface area contributed by atoms with Crippen LogP contribution in [0.2, 0.25) is 0 Å². The van der Waals surface area contributed by atoms with E-state index in [1.807, 2.05) is 72.8 Å². The Kier molecular flexibility index (Phi) is 7.93. The molecule has 0 fully saturated rings. The van der Waals surface area contributed by atoms with Crippen LogP contribution in [-0.4, -0.2) is 15.0 Å². The first kappa shape index (κ1) is 38.0. The summed E-state index contributed by atoms with van der Waals surface area (Å²) in [4.78, 5) is 15.5. The van der Waals surface area contributed by atoms with Gasteiger partial charge in [0.2, 0.25) is 0 Å². The van der Waals surface area contributed by atoms with Crippen molar-refractivity contribution in [2.45, 2.75) is 5.41 Å². The normalized spacial score (nSPS) is 13.0. The molecule has 3 aromatic heterocycles. The van der Waals surface area contributed by atoms with Crippen LogP contribution in [0.3, 0.4) is 0 Å². The SMILES string of the molecule is c1ccc(-c2nc(-c3cccc4c3oc3ccccc34)nc(-c3cccc4oc5ccc(-c6ccc(-c7ccc8c(c7)-c7ccccc7C87c8ccccc8-c8ccccc87)cc6)cc5c34)n2)cc1. The van der Waals surface area contributed by atoms with Gasteiger partial charge in [-0.05, 0) is 103 Å². The molecule has 0 unspecified atom stereocenters. The van der Waals surface area contributed by atoms with E-state index in [0.29, 0.717) is 17.5 Å². The molecule has 0 aliphatic heterocycles. The molecule has 3 heterocycles. The summed E-state index contributed by atoms with van der Waals surface area (Å²) in [5.74, 6) is 1.67. The van der Waals surface area contributed by atoms with E-state index in [-0.39, 0.29) is 5.41 Å². The van der Waals surface area contributed by atoms with Crippen LogP contribution in [-0.2, 0) is 5.41 Å². The van der Waals surface area contributed by atoms with Gasteiger partial charge in [0, 0.05) is 32.7 Å². The van der Waals surface area contributed by atoms with Gasteiger partial charge in [-0.1, -0.05) is 188 Å². The third-order valence-electron chi connectivity index (χ3n) is 14.6. The summed E-state index contributed by atoms with van der Waals surface area (Å²) in [7, 11) is 0. The van der Waals surface area contributed by atoms with Gasteiger partial charge in [-0.25, -0.2) is 15.0 Å². The molecule has 0 bridgehead atoms. The molecule has 0 atom stereocenters. The van der Waals surface area contributed by atoms with Crippen molar-refractivity contribution >= 4 is 43.9 Å². The molecule has 0 amide bonds. The van der Waals surface area contributed by atoms with Gasteiger partial charge in [-0.3, -0.25) is 0 Å². The van der Waals surface area contributed by atoms with Gasteiger partial charge < -0.3 is 8.83 Å². The molecule has 0 saturated heterocycles. The molecule has 320 valence electrons. The van der Waals surface area contributed by atoms with Gasteiger partial charge >= 0.3 is 0 Å². The summed E-state index contributed by atoms with van der Waals surface area (Å²) in [6.07, 6.45) is 0. The average molecular weight is 880 g/mol. The topological polar surface area (TPSA) is 65.0 Å². The van der Waals surface area contributed by atoms with E-state index in [2.05, 4.69) is 152 Å². The van der Waals surface area contributed by atoms with E-state index in [9.17, 15) is 0 Å². The number of para-hydroxylation sites is 2. The Hall–Kier alpha value is -9.19. The molecule has 2 aliphatic carbocycles. The van der Waals surface area contributed by atoms with Crippen LogP contribution < -0.4 is 0 Å². The summed E-state index contributed by atoms with van der Waals surface area (Å²) in [6.45, 7) is 0. The van der Waals surface area contributed by atoms with Crippen LogP contribution in [0, 0.1) is 0 Å². The van der Waals surface area contributed by atoms with Crippen molar-refractivity contribution in [1.82, 2.24) is 15.0 Å². The molecule has 5 heteroatoms. The fourth-order valence-electron chi connectivity index (χ4n) is 11.6. The van der Waals surface area contributed by atoms with E-state index in [1.54, 1.807) is 0 Å². The number of fused-ring (bicyclic) bond motifs is 16. The first-order valence-electron chi connectivity index (χ1n) is 23.4. The summed E-state index contributed by atoms with van der Waals surface area (Å²) in [6, 6.07) is 79.9. The first-order chi connectivity index (χ1) is 34.2. The third-order valence-corrected chi connectivity index (χ3v) is 14.6. The summed E-state index contributed by atoms with van der Waals surface area (Å²) < 4.78 is 13.0. The number of benzene rings is 10. The monoisotopic (exact) mass is 879 g/mol. The molecular weight excluding hydrogens is 843 g/mol. The predicted molar refractivity (Wildman–Crippen MR) is 278 cm³/mol. The average Bonchev–Trinajstić information content (AvgIpc) is 4.16. The minimum atomic E-state index is -0.350. The lowest BCUT2D eigenvalue weighted by Gasteiger charge is -2.30. The highest BCUT2D eigenvalue weighted by Gasteiger charge is 2.51. The Bertz CT molecular complexity index is 4210. The van der Waals surface area contributed by atoms with Crippen molar-refractivity contribution in [1.29, 1.82) is 0 Å². The second kappa shape index (κ2) is 14.4. The minimum Gasteiger partial charge on any atom is -0.456 e. The zero-order valence-corrected chi connectivity index (χ0v) is 37.0. The summed E-state index contributed by atoms with van der Waals surface area (Å²) in [5.41, 5.74) is 20.5. The van der Waals surface area contributed by atoms with Crippen LogP contribution in [0.25, 0.3) is 123 Å². The first-order valence-corrected chi connectivity index (χ1v) is 23.4. The highest BCUT2D eigenvalue weighted by molar-refractivity contribution is 6.13. The van der Waals surface area contributed by atoms with Gasteiger partial charge in [0.05, 0.1) is 11.0 Å². The maximum absolute atomic E-state index is 6.55. The maximum Gasteiger partial charge on any atom is 0.167 e. The molecule has 5 nitrogen and oxygen atoms in total. The number of hydrogen-bond acceptors (Lipinski definition) is 5. The van der Waals surface area contributed by atoms with Crippen molar-refractivity contribution in [2.75, 3.05) is 0 Å². The van der Waals surface area contributed by atoms with Crippen LogP contribution in [0.4, 0.5) is 0 Å². The molecule has 10 aromatic carbocycles. The highest BCUT2D eigenvalue weighted by atomic mass is 16.3. The van der Waals surface area contributed by atoms with E-state index >= 15 is 0 Å². The van der Waals surface area contributed by atoms with Crippen molar-refractivity contribution in [3.05, 3.63) is 247 Å². The lowest BCUT2D eigenvalue weighted by molar-refractivity contribution is 0.668. The van der Waals surface area contributed by atoms with Crippen molar-refractivity contribution in [3.63, 3.8) is 0 Å². The number of furan rings is 2. The quantitative estimate of drug-likeness (QED) is 0.172. The zero-order valence-electron chi connectivity index (χ0n) is 37.0. The third kappa shape index (κ3) is 5.44. The Morgan fingerprint density at radius 1 is 0.275 bits per heavy atom. The number of aromatic nitrogens is 3. The fraction of sp³-hybridized carbons (Fsp3) is 0.0156. The van der Waals surface area contributed by atoms with E-state index in [1.165, 1.54) is 55.6 Å². The molecule has 15 rings (SSSR count). The Morgan fingerprint density at radius 2 is 0.768 bits per heavy atom. The van der Waals surface area contributed by atoms with E-state index in [0.717, 1.165) is 71.7 Å². The molecule has 0 saturated carbocycles. The van der Waals surface area contributed by atoms with Crippen molar-refractivity contribution in [2.24, 2.45) is 0 Å². The highest BCUT2D eigenvalue weighted by Crippen LogP contribution is 2.63. The number of rotatable bonds is 5. The van der Waals surface area contributed by atoms with Gasteiger partial charge in [0.1, 0.15) is 22.3 Å². The summed E-state index contributed by atoms with van der Waals surface area (Å²) >= 11 is 0. The second-order valence-electron chi connectivity index (χ2n) is 18.2. The smallest absolute Gasteiger partial charge is 0.167 e. The maximum atomic E-state index is 6.55. The van der Waals surface area contributed by atoms with Crippen LogP contribution in [0.15, 0.2) is 233 Å². The minimum absolute atomic E-state index is 0.350. The second-order valence-corrected chi connectivity index (χ2v) is 18.2. The Balaban J connectivity index is 0.830. The lowest BCUT2D eigenvalue weighted by atomic mass is 9.70. The lowest BCUT2D eigenvalue weighted by Crippen LogP contribution is -2.25. The van der Waals surface area contributed by atoms with Crippen LogP contribution in [0.1, 0.15) is 22.3 Å². The molecule has 2 aliphatic rings. The van der Waals surface area contributed by atoms with Gasteiger partial charge in [-0.15, -0.1) is 0 Å². The fourth-order valence-corrected chi connectivity index (χ4v) is 11.6. The molecule has 1 spiro atoms. The molecule has 13 aromatic rings. The molecule has 0 radical (unpaired) electrons. The van der Waals surface area contributed by atoms with Crippen molar-refractivity contribution in [3.8, 4) is 78.7 Å². The Morgan fingerprint density at radius 3 is 1.51 bits per heavy atom. The van der Waals surface area contributed by atoms with Gasteiger partial charge in [0.15, 0.2) is 17.5 Å². The zero-order chi connectivity index (χ0) is 45.2. The molecule has 0 N–H and O–H groups in total. The van der Waals surface area contributed by atoms with Crippen LogP contribution >= 0.6 is 0 Å². The number of nitrogens with zero attached hydrogens (tertiary/aromatic N) is 3. The molecular formula is C64H37N3O2. The van der Waals surface area contributed by atoms with Gasteiger partial charge in [0.25, 0.3) is 0 Å². The van der Waals surface area contributed by atoms with Crippen LogP contribution in [0.5, 0.6) is 0 Å².